The molecule has 1 aromatic rings. The summed E-state index contributed by atoms with van der Waals surface area (Å²) in [5.74, 6) is 0.715. The van der Waals surface area contributed by atoms with E-state index in [1.807, 2.05) is 24.3 Å². The molecule has 0 unspecified atom stereocenters. The van der Waals surface area contributed by atoms with Crippen molar-refractivity contribution in [3.05, 3.63) is 24.3 Å². The van der Waals surface area contributed by atoms with E-state index in [-0.39, 0.29) is 6.61 Å². The topological polar surface area (TPSA) is 79.2 Å². The van der Waals surface area contributed by atoms with Gasteiger partial charge in [-0.15, -0.1) is 0 Å². The fraction of sp³-hybridized carbons (Fsp3) is 0.500. The van der Waals surface area contributed by atoms with Gasteiger partial charge in [-0.25, -0.2) is 0 Å². The summed E-state index contributed by atoms with van der Waals surface area (Å²) < 4.78 is 10.5. The van der Waals surface area contributed by atoms with Gasteiger partial charge in [-0.2, -0.15) is 0 Å². The van der Waals surface area contributed by atoms with Crippen LogP contribution in [0.25, 0.3) is 0 Å². The Hall–Kier alpha value is -0.790. The molecule has 100 valence electrons. The predicted molar refractivity (Wildman–Crippen MR) is 66.6 cm³/mol. The number of hydrogen-bond donors (Lipinski definition) is 3. The van der Waals surface area contributed by atoms with Crippen molar-refractivity contribution in [2.24, 2.45) is 0 Å². The van der Waals surface area contributed by atoms with Gasteiger partial charge >= 0.3 is 0 Å². The lowest BCUT2D eigenvalue weighted by molar-refractivity contribution is -0.00808. The SMILES string of the molecule is COc1cccc(S[C@@H]2O[C@@H](CO)[C@H](O)[C@H]2O)c1. The quantitative estimate of drug-likeness (QED) is 0.728. The maximum Gasteiger partial charge on any atom is 0.136 e. The minimum Gasteiger partial charge on any atom is -0.497 e. The molecule has 0 amide bonds. The first kappa shape index (κ1) is 13.6. The van der Waals surface area contributed by atoms with Gasteiger partial charge in [-0.05, 0) is 18.2 Å². The average molecular weight is 272 g/mol. The second-order valence-corrected chi connectivity index (χ2v) is 5.18. The lowest BCUT2D eigenvalue weighted by Gasteiger charge is -2.14. The highest BCUT2D eigenvalue weighted by molar-refractivity contribution is 7.99. The summed E-state index contributed by atoms with van der Waals surface area (Å²) in [6.45, 7) is -0.312. The van der Waals surface area contributed by atoms with Gasteiger partial charge in [0.2, 0.25) is 0 Å². The number of rotatable bonds is 4. The van der Waals surface area contributed by atoms with Gasteiger partial charge < -0.3 is 24.8 Å². The Morgan fingerprint density at radius 1 is 1.33 bits per heavy atom. The summed E-state index contributed by atoms with van der Waals surface area (Å²) >= 11 is 1.29. The molecule has 1 aliphatic heterocycles. The Labute approximate surface area is 109 Å². The van der Waals surface area contributed by atoms with Crippen molar-refractivity contribution < 1.29 is 24.8 Å². The first-order valence-corrected chi connectivity index (χ1v) is 6.47. The Balaban J connectivity index is 2.05. The molecule has 1 heterocycles. The standard InChI is InChI=1S/C12H16O5S/c1-16-7-3-2-4-8(5-7)18-12-11(15)10(14)9(6-13)17-12/h2-5,9-15H,6H2,1H3/t9-,10-,11+,12-/m0/s1. The number of aliphatic hydroxyl groups is 3. The van der Waals surface area contributed by atoms with Crippen LogP contribution in [0.1, 0.15) is 0 Å². The molecule has 1 fully saturated rings. The van der Waals surface area contributed by atoms with Crippen molar-refractivity contribution in [3.8, 4) is 5.75 Å². The first-order valence-electron chi connectivity index (χ1n) is 5.59. The number of methoxy groups -OCH3 is 1. The van der Waals surface area contributed by atoms with Gasteiger partial charge in [0.25, 0.3) is 0 Å². The minimum absolute atomic E-state index is 0.312. The molecule has 2 rings (SSSR count). The lowest BCUT2D eigenvalue weighted by Crippen LogP contribution is -2.33. The molecule has 0 spiro atoms. The Morgan fingerprint density at radius 3 is 2.72 bits per heavy atom. The maximum absolute atomic E-state index is 9.81. The Morgan fingerprint density at radius 2 is 2.11 bits per heavy atom. The van der Waals surface area contributed by atoms with E-state index in [1.165, 1.54) is 11.8 Å². The van der Waals surface area contributed by atoms with Crippen LogP contribution in [0, 0.1) is 0 Å². The van der Waals surface area contributed by atoms with E-state index in [9.17, 15) is 10.2 Å². The van der Waals surface area contributed by atoms with Crippen LogP contribution in [0.5, 0.6) is 5.75 Å². The van der Waals surface area contributed by atoms with Gasteiger partial charge in [-0.1, -0.05) is 17.8 Å². The zero-order valence-electron chi connectivity index (χ0n) is 9.89. The number of hydrogen-bond acceptors (Lipinski definition) is 6. The largest absolute Gasteiger partial charge is 0.497 e. The summed E-state index contributed by atoms with van der Waals surface area (Å²) in [4.78, 5) is 0.865. The highest BCUT2D eigenvalue weighted by Gasteiger charge is 2.42. The molecule has 0 aliphatic carbocycles. The molecular formula is C12H16O5S. The van der Waals surface area contributed by atoms with Crippen LogP contribution in [0.4, 0.5) is 0 Å². The highest BCUT2D eigenvalue weighted by Crippen LogP contribution is 2.35. The van der Waals surface area contributed by atoms with Crippen molar-refractivity contribution in [3.63, 3.8) is 0 Å². The first-order chi connectivity index (χ1) is 8.65. The smallest absolute Gasteiger partial charge is 0.136 e. The number of ether oxygens (including phenoxy) is 2. The molecule has 4 atom stereocenters. The predicted octanol–water partition coefficient (Wildman–Crippen LogP) is 0.226. The lowest BCUT2D eigenvalue weighted by atomic mass is 10.2. The molecule has 5 nitrogen and oxygen atoms in total. The van der Waals surface area contributed by atoms with E-state index in [2.05, 4.69) is 0 Å². The molecule has 6 heteroatoms. The van der Waals surface area contributed by atoms with E-state index >= 15 is 0 Å². The van der Waals surface area contributed by atoms with E-state index < -0.39 is 23.7 Å². The Bertz CT molecular complexity index is 400. The number of benzene rings is 1. The van der Waals surface area contributed by atoms with Crippen LogP contribution in [0.3, 0.4) is 0 Å². The second-order valence-electron chi connectivity index (χ2n) is 4.00. The molecule has 1 aromatic carbocycles. The zero-order valence-corrected chi connectivity index (χ0v) is 10.7. The molecule has 0 bridgehead atoms. The fourth-order valence-electron chi connectivity index (χ4n) is 1.77. The van der Waals surface area contributed by atoms with E-state index in [4.69, 9.17) is 14.6 Å². The van der Waals surface area contributed by atoms with Crippen LogP contribution < -0.4 is 4.74 Å². The van der Waals surface area contributed by atoms with Gasteiger partial charge in [0.1, 0.15) is 29.5 Å². The fourth-order valence-corrected chi connectivity index (χ4v) is 2.88. The van der Waals surface area contributed by atoms with Crippen LogP contribution in [0.15, 0.2) is 29.2 Å². The van der Waals surface area contributed by atoms with Crippen LogP contribution in [-0.2, 0) is 4.74 Å². The van der Waals surface area contributed by atoms with Crippen LogP contribution in [-0.4, -0.2) is 52.8 Å². The summed E-state index contributed by atoms with van der Waals surface area (Å²) in [5, 5.41) is 28.4. The Kier molecular flexibility index (Phi) is 4.47. The van der Waals surface area contributed by atoms with Gasteiger partial charge in [0, 0.05) is 4.90 Å². The molecular weight excluding hydrogens is 256 g/mol. The summed E-state index contributed by atoms with van der Waals surface area (Å²) in [6.07, 6.45) is -2.81. The molecule has 1 saturated heterocycles. The molecule has 1 aliphatic rings. The second kappa shape index (κ2) is 5.90. The van der Waals surface area contributed by atoms with Gasteiger partial charge in [0.15, 0.2) is 0 Å². The van der Waals surface area contributed by atoms with Crippen molar-refractivity contribution in [2.45, 2.75) is 28.6 Å². The van der Waals surface area contributed by atoms with Crippen molar-refractivity contribution in [1.82, 2.24) is 0 Å². The van der Waals surface area contributed by atoms with Crippen LogP contribution >= 0.6 is 11.8 Å². The molecule has 0 radical (unpaired) electrons. The minimum atomic E-state index is -1.06. The summed E-state index contributed by atoms with van der Waals surface area (Å²) in [6, 6.07) is 7.34. The monoisotopic (exact) mass is 272 g/mol. The van der Waals surface area contributed by atoms with Gasteiger partial charge in [-0.3, -0.25) is 0 Å². The normalized spacial score (nSPS) is 31.6. The van der Waals surface area contributed by atoms with Gasteiger partial charge in [0.05, 0.1) is 13.7 Å². The van der Waals surface area contributed by atoms with E-state index in [0.717, 1.165) is 4.90 Å². The average Bonchev–Trinajstić information content (AvgIpc) is 2.67. The highest BCUT2D eigenvalue weighted by atomic mass is 32.2. The van der Waals surface area contributed by atoms with Crippen molar-refractivity contribution >= 4 is 11.8 Å². The van der Waals surface area contributed by atoms with Crippen molar-refractivity contribution in [2.75, 3.05) is 13.7 Å². The number of thioether (sulfide) groups is 1. The zero-order chi connectivity index (χ0) is 13.1. The number of aliphatic hydroxyl groups excluding tert-OH is 3. The molecule has 3 N–H and O–H groups in total. The summed E-state index contributed by atoms with van der Waals surface area (Å²) in [7, 11) is 1.58. The molecule has 18 heavy (non-hydrogen) atoms. The third-order valence-corrected chi connectivity index (χ3v) is 3.94. The van der Waals surface area contributed by atoms with E-state index in [1.54, 1.807) is 7.11 Å². The third kappa shape index (κ3) is 2.78. The molecule has 0 aromatic heterocycles. The van der Waals surface area contributed by atoms with Crippen LogP contribution in [0.2, 0.25) is 0 Å². The van der Waals surface area contributed by atoms with E-state index in [0.29, 0.717) is 5.75 Å². The van der Waals surface area contributed by atoms with Crippen molar-refractivity contribution in [1.29, 1.82) is 0 Å². The summed E-state index contributed by atoms with van der Waals surface area (Å²) in [5.41, 5.74) is -0.593. The molecule has 0 saturated carbocycles. The maximum atomic E-state index is 9.81. The third-order valence-electron chi connectivity index (χ3n) is 2.79.